The lowest BCUT2D eigenvalue weighted by Gasteiger charge is -2.18. The number of aliphatic hydroxyl groups excluding tert-OH is 1. The largest absolute Gasteiger partial charge is 0.386 e. The molecule has 0 unspecified atom stereocenters. The summed E-state index contributed by atoms with van der Waals surface area (Å²) in [6.45, 7) is 1.46. The number of halogens is 3. The lowest BCUT2D eigenvalue weighted by molar-refractivity contribution is 0.192. The van der Waals surface area contributed by atoms with Gasteiger partial charge in [0.2, 0.25) is 0 Å². The van der Waals surface area contributed by atoms with Gasteiger partial charge in [-0.3, -0.25) is 0 Å². The van der Waals surface area contributed by atoms with Crippen LogP contribution in [0.2, 0.25) is 10.0 Å². The molecule has 17 heavy (non-hydrogen) atoms. The molecular weight excluding hydrogens is 307 g/mol. The normalized spacial score (nSPS) is 15.6. The Bertz CT molecular complexity index is 502. The molecule has 0 spiro atoms. The molecule has 3 nitrogen and oxygen atoms in total. The SMILES string of the molecule is CCS(=O)(=O)[C@@H](Cl)[C@H](O)c1ccc(Cl)cc1Cl. The van der Waals surface area contributed by atoms with Crippen LogP contribution in [0.3, 0.4) is 0 Å². The number of aliphatic hydroxyl groups is 1. The van der Waals surface area contributed by atoms with E-state index in [1.54, 1.807) is 0 Å². The minimum absolute atomic E-state index is 0.149. The zero-order valence-electron chi connectivity index (χ0n) is 8.90. The van der Waals surface area contributed by atoms with E-state index < -0.39 is 20.7 Å². The number of alkyl halides is 1. The molecule has 1 aromatic rings. The molecule has 96 valence electrons. The fraction of sp³-hybridized carbons (Fsp3) is 0.400. The minimum Gasteiger partial charge on any atom is -0.386 e. The molecule has 0 amide bonds. The Kier molecular flexibility index (Phi) is 5.10. The van der Waals surface area contributed by atoms with Crippen molar-refractivity contribution < 1.29 is 13.5 Å². The predicted octanol–water partition coefficient (Wildman–Crippen LogP) is 3.03. The van der Waals surface area contributed by atoms with E-state index in [9.17, 15) is 13.5 Å². The van der Waals surface area contributed by atoms with Crippen LogP contribution in [0.5, 0.6) is 0 Å². The Hall–Kier alpha value is -0.000000000000000111. The first kappa shape index (κ1) is 15.1. The Morgan fingerprint density at radius 2 is 1.94 bits per heavy atom. The van der Waals surface area contributed by atoms with Gasteiger partial charge >= 0.3 is 0 Å². The average molecular weight is 318 g/mol. The Labute approximate surface area is 115 Å². The van der Waals surface area contributed by atoms with E-state index in [1.807, 2.05) is 0 Å². The van der Waals surface area contributed by atoms with Crippen LogP contribution in [-0.2, 0) is 9.84 Å². The smallest absolute Gasteiger partial charge is 0.169 e. The number of sulfone groups is 1. The maximum atomic E-state index is 11.5. The first-order chi connectivity index (χ1) is 7.79. The van der Waals surface area contributed by atoms with Gasteiger partial charge in [-0.2, -0.15) is 0 Å². The minimum atomic E-state index is -3.55. The zero-order chi connectivity index (χ0) is 13.2. The van der Waals surface area contributed by atoms with Gasteiger partial charge < -0.3 is 5.11 Å². The second-order valence-electron chi connectivity index (χ2n) is 3.41. The van der Waals surface area contributed by atoms with Crippen LogP contribution in [0.1, 0.15) is 18.6 Å². The van der Waals surface area contributed by atoms with Crippen LogP contribution in [0.15, 0.2) is 18.2 Å². The quantitative estimate of drug-likeness (QED) is 0.869. The molecule has 2 atom stereocenters. The van der Waals surface area contributed by atoms with Crippen molar-refractivity contribution in [2.45, 2.75) is 17.7 Å². The molecule has 0 heterocycles. The Balaban J connectivity index is 3.09. The van der Waals surface area contributed by atoms with Gasteiger partial charge in [-0.15, -0.1) is 11.6 Å². The fourth-order valence-corrected chi connectivity index (χ4v) is 3.13. The lowest BCUT2D eigenvalue weighted by atomic mass is 10.1. The number of hydrogen-bond acceptors (Lipinski definition) is 3. The van der Waals surface area contributed by atoms with Crippen molar-refractivity contribution in [3.8, 4) is 0 Å². The summed E-state index contributed by atoms with van der Waals surface area (Å²) in [4.78, 5) is 0. The van der Waals surface area contributed by atoms with Gasteiger partial charge in [0.1, 0.15) is 6.10 Å². The first-order valence-corrected chi connectivity index (χ1v) is 7.69. The van der Waals surface area contributed by atoms with Crippen LogP contribution in [0, 0.1) is 0 Å². The van der Waals surface area contributed by atoms with Crippen molar-refractivity contribution in [2.24, 2.45) is 0 Å². The predicted molar refractivity (Wildman–Crippen MR) is 70.5 cm³/mol. The summed E-state index contributed by atoms with van der Waals surface area (Å²) < 4.78 is 21.6. The van der Waals surface area contributed by atoms with E-state index in [-0.39, 0.29) is 16.3 Å². The maximum Gasteiger partial charge on any atom is 0.169 e. The van der Waals surface area contributed by atoms with Gasteiger partial charge in [0.05, 0.1) is 0 Å². The van der Waals surface area contributed by atoms with Gasteiger partial charge in [0.15, 0.2) is 14.5 Å². The summed E-state index contributed by atoms with van der Waals surface area (Å²) >= 11 is 17.3. The maximum absolute atomic E-state index is 11.5. The summed E-state index contributed by atoms with van der Waals surface area (Å²) in [5, 5.41) is 10.5. The molecule has 0 saturated heterocycles. The molecule has 0 aromatic heterocycles. The van der Waals surface area contributed by atoms with Crippen LogP contribution >= 0.6 is 34.8 Å². The molecule has 0 aliphatic heterocycles. The highest BCUT2D eigenvalue weighted by Gasteiger charge is 2.31. The van der Waals surface area contributed by atoms with E-state index >= 15 is 0 Å². The molecule has 1 N–H and O–H groups in total. The van der Waals surface area contributed by atoms with Gasteiger partial charge in [-0.1, -0.05) is 36.2 Å². The van der Waals surface area contributed by atoms with Gasteiger partial charge in [-0.25, -0.2) is 8.42 Å². The molecule has 0 aliphatic rings. The Morgan fingerprint density at radius 1 is 1.35 bits per heavy atom. The third-order valence-electron chi connectivity index (χ3n) is 2.27. The summed E-state index contributed by atoms with van der Waals surface area (Å²) in [7, 11) is -3.55. The highest BCUT2D eigenvalue weighted by atomic mass is 35.5. The molecule has 0 fully saturated rings. The highest BCUT2D eigenvalue weighted by Crippen LogP contribution is 2.32. The van der Waals surface area contributed by atoms with Crippen molar-refractivity contribution in [2.75, 3.05) is 5.75 Å². The molecular formula is C10H11Cl3O3S. The summed E-state index contributed by atoms with van der Waals surface area (Å²) in [5.41, 5.74) is 0.244. The average Bonchev–Trinajstić information content (AvgIpc) is 2.27. The topological polar surface area (TPSA) is 54.4 Å². The van der Waals surface area contributed by atoms with Gasteiger partial charge in [0.25, 0.3) is 0 Å². The third-order valence-corrected chi connectivity index (χ3v) is 5.64. The second kappa shape index (κ2) is 5.76. The van der Waals surface area contributed by atoms with Gasteiger partial charge in [0, 0.05) is 21.4 Å². The number of rotatable bonds is 4. The monoisotopic (exact) mass is 316 g/mol. The van der Waals surface area contributed by atoms with Crippen molar-refractivity contribution in [1.29, 1.82) is 0 Å². The van der Waals surface area contributed by atoms with Crippen molar-refractivity contribution in [1.82, 2.24) is 0 Å². The fourth-order valence-electron chi connectivity index (χ4n) is 1.24. The summed E-state index contributed by atoms with van der Waals surface area (Å²) in [6, 6.07) is 4.38. The van der Waals surface area contributed by atoms with Gasteiger partial charge in [-0.05, 0) is 12.1 Å². The van der Waals surface area contributed by atoms with Crippen LogP contribution < -0.4 is 0 Å². The molecule has 0 saturated carbocycles. The second-order valence-corrected chi connectivity index (χ2v) is 7.40. The molecule has 7 heteroatoms. The van der Waals surface area contributed by atoms with E-state index in [1.165, 1.54) is 25.1 Å². The van der Waals surface area contributed by atoms with E-state index in [4.69, 9.17) is 34.8 Å². The molecule has 0 radical (unpaired) electrons. The standard InChI is InChI=1S/C10H11Cl3O3S/c1-2-17(15,16)10(13)9(14)7-4-3-6(11)5-8(7)12/h3-5,9-10,14H,2H2,1H3/t9-,10-/m1/s1. The van der Waals surface area contributed by atoms with E-state index in [2.05, 4.69) is 0 Å². The molecule has 1 aromatic carbocycles. The summed E-state index contributed by atoms with van der Waals surface area (Å²) in [5.74, 6) is -0.149. The first-order valence-electron chi connectivity index (χ1n) is 4.78. The number of benzene rings is 1. The molecule has 0 bridgehead atoms. The van der Waals surface area contributed by atoms with E-state index in [0.717, 1.165) is 0 Å². The highest BCUT2D eigenvalue weighted by molar-refractivity contribution is 7.93. The van der Waals surface area contributed by atoms with Crippen LogP contribution in [0.4, 0.5) is 0 Å². The lowest BCUT2D eigenvalue weighted by Crippen LogP contribution is -2.24. The molecule has 0 aliphatic carbocycles. The van der Waals surface area contributed by atoms with Crippen molar-refractivity contribution in [3.63, 3.8) is 0 Å². The van der Waals surface area contributed by atoms with Crippen LogP contribution in [0.25, 0.3) is 0 Å². The van der Waals surface area contributed by atoms with Crippen molar-refractivity contribution in [3.05, 3.63) is 33.8 Å². The number of hydrogen-bond donors (Lipinski definition) is 1. The van der Waals surface area contributed by atoms with E-state index in [0.29, 0.717) is 5.02 Å². The van der Waals surface area contributed by atoms with Crippen LogP contribution in [-0.4, -0.2) is 24.0 Å². The van der Waals surface area contributed by atoms with Crippen molar-refractivity contribution >= 4 is 44.6 Å². The molecule has 1 rings (SSSR count). The third kappa shape index (κ3) is 3.48. The summed E-state index contributed by atoms with van der Waals surface area (Å²) in [6.07, 6.45) is -1.38. The Morgan fingerprint density at radius 3 is 2.41 bits per heavy atom. The zero-order valence-corrected chi connectivity index (χ0v) is 12.0.